The van der Waals surface area contributed by atoms with Gasteiger partial charge in [0.25, 0.3) is 5.91 Å². The molecule has 0 aliphatic heterocycles. The van der Waals surface area contributed by atoms with Gasteiger partial charge in [-0.3, -0.25) is 9.78 Å². The number of nitrogens with one attached hydrogen (secondary N) is 1. The second kappa shape index (κ2) is 6.38. The molecule has 1 aliphatic carbocycles. The molecular formula is C14H20N2O. The van der Waals surface area contributed by atoms with Crippen molar-refractivity contribution in [3.8, 4) is 0 Å². The Labute approximate surface area is 103 Å². The number of pyridine rings is 1. The first-order valence-corrected chi connectivity index (χ1v) is 6.54. The number of carbonyl (C=O) groups excluding carboxylic acids is 1. The lowest BCUT2D eigenvalue weighted by Gasteiger charge is -2.09. The first-order valence-electron chi connectivity index (χ1n) is 6.54. The molecule has 0 bridgehead atoms. The Morgan fingerprint density at radius 3 is 2.71 bits per heavy atom. The summed E-state index contributed by atoms with van der Waals surface area (Å²) in [6.07, 6.45) is 11.2. The Morgan fingerprint density at radius 2 is 2.00 bits per heavy atom. The molecule has 1 aliphatic rings. The van der Waals surface area contributed by atoms with E-state index >= 15 is 0 Å². The fourth-order valence-corrected chi connectivity index (χ4v) is 2.50. The second-order valence-electron chi connectivity index (χ2n) is 4.78. The SMILES string of the molecule is O=C(NCCCC1CCCC1)c1ccncc1. The number of nitrogens with zero attached hydrogens (tertiary/aromatic N) is 1. The van der Waals surface area contributed by atoms with Gasteiger partial charge in [0.05, 0.1) is 0 Å². The Hall–Kier alpha value is -1.38. The lowest BCUT2D eigenvalue weighted by molar-refractivity contribution is 0.0952. The third-order valence-corrected chi connectivity index (χ3v) is 3.49. The Balaban J connectivity index is 1.63. The van der Waals surface area contributed by atoms with Gasteiger partial charge in [-0.25, -0.2) is 0 Å². The molecule has 1 aromatic heterocycles. The maximum atomic E-state index is 11.7. The van der Waals surface area contributed by atoms with Crippen LogP contribution in [0.5, 0.6) is 0 Å². The molecule has 1 N–H and O–H groups in total. The highest BCUT2D eigenvalue weighted by molar-refractivity contribution is 5.93. The average molecular weight is 232 g/mol. The summed E-state index contributed by atoms with van der Waals surface area (Å²) in [5.74, 6) is 0.923. The van der Waals surface area contributed by atoms with Gasteiger partial charge < -0.3 is 5.32 Å². The van der Waals surface area contributed by atoms with Crippen LogP contribution in [-0.4, -0.2) is 17.4 Å². The molecule has 0 aromatic carbocycles. The Bertz CT molecular complexity index is 344. The van der Waals surface area contributed by atoms with Gasteiger partial charge in [-0.15, -0.1) is 0 Å². The van der Waals surface area contributed by atoms with Crippen molar-refractivity contribution in [3.05, 3.63) is 30.1 Å². The molecule has 2 rings (SSSR count). The van der Waals surface area contributed by atoms with Gasteiger partial charge in [0.1, 0.15) is 0 Å². The van der Waals surface area contributed by atoms with Crippen molar-refractivity contribution in [2.24, 2.45) is 5.92 Å². The van der Waals surface area contributed by atoms with Crippen LogP contribution in [0.15, 0.2) is 24.5 Å². The number of hydrogen-bond acceptors (Lipinski definition) is 2. The molecule has 1 amide bonds. The molecule has 0 saturated heterocycles. The first kappa shape index (κ1) is 12.1. The van der Waals surface area contributed by atoms with E-state index in [1.54, 1.807) is 24.5 Å². The minimum absolute atomic E-state index is 0.0128. The highest BCUT2D eigenvalue weighted by Crippen LogP contribution is 2.28. The van der Waals surface area contributed by atoms with Crippen molar-refractivity contribution in [2.45, 2.75) is 38.5 Å². The van der Waals surface area contributed by atoms with Crippen molar-refractivity contribution < 1.29 is 4.79 Å². The predicted molar refractivity (Wildman–Crippen MR) is 67.8 cm³/mol. The summed E-state index contributed by atoms with van der Waals surface area (Å²) in [4.78, 5) is 15.6. The maximum absolute atomic E-state index is 11.7. The van der Waals surface area contributed by atoms with Gasteiger partial charge in [0, 0.05) is 24.5 Å². The van der Waals surface area contributed by atoms with Crippen LogP contribution in [0.1, 0.15) is 48.9 Å². The van der Waals surface area contributed by atoms with Crippen LogP contribution in [-0.2, 0) is 0 Å². The minimum Gasteiger partial charge on any atom is -0.352 e. The zero-order valence-corrected chi connectivity index (χ0v) is 10.2. The van der Waals surface area contributed by atoms with Crippen LogP contribution in [0.3, 0.4) is 0 Å². The van der Waals surface area contributed by atoms with E-state index in [-0.39, 0.29) is 5.91 Å². The summed E-state index contributed by atoms with van der Waals surface area (Å²) in [6.45, 7) is 0.789. The van der Waals surface area contributed by atoms with Crippen LogP contribution in [0.4, 0.5) is 0 Å². The van der Waals surface area contributed by atoms with Crippen molar-refractivity contribution >= 4 is 5.91 Å². The fraction of sp³-hybridized carbons (Fsp3) is 0.571. The molecule has 0 unspecified atom stereocenters. The fourth-order valence-electron chi connectivity index (χ4n) is 2.50. The molecule has 0 atom stereocenters. The number of carbonyl (C=O) groups is 1. The minimum atomic E-state index is 0.0128. The van der Waals surface area contributed by atoms with Gasteiger partial charge in [0.2, 0.25) is 0 Å². The summed E-state index contributed by atoms with van der Waals surface area (Å²) < 4.78 is 0. The monoisotopic (exact) mass is 232 g/mol. The second-order valence-corrected chi connectivity index (χ2v) is 4.78. The zero-order chi connectivity index (χ0) is 11.9. The molecule has 92 valence electrons. The summed E-state index contributed by atoms with van der Waals surface area (Å²) in [5.41, 5.74) is 0.695. The van der Waals surface area contributed by atoms with E-state index in [9.17, 15) is 4.79 Å². The van der Waals surface area contributed by atoms with E-state index in [0.717, 1.165) is 18.9 Å². The van der Waals surface area contributed by atoms with Crippen LogP contribution in [0.2, 0.25) is 0 Å². The summed E-state index contributed by atoms with van der Waals surface area (Å²) in [5, 5.41) is 2.96. The highest BCUT2D eigenvalue weighted by Gasteiger charge is 2.14. The molecule has 3 nitrogen and oxygen atoms in total. The molecule has 1 aromatic rings. The van der Waals surface area contributed by atoms with E-state index in [1.165, 1.54) is 32.1 Å². The molecule has 0 radical (unpaired) electrons. The molecular weight excluding hydrogens is 212 g/mol. The number of hydrogen-bond donors (Lipinski definition) is 1. The third-order valence-electron chi connectivity index (χ3n) is 3.49. The van der Waals surface area contributed by atoms with E-state index in [2.05, 4.69) is 10.3 Å². The topological polar surface area (TPSA) is 42.0 Å². The first-order chi connectivity index (χ1) is 8.36. The highest BCUT2D eigenvalue weighted by atomic mass is 16.1. The standard InChI is InChI=1S/C14H20N2O/c17-14(13-7-10-15-11-8-13)16-9-3-6-12-4-1-2-5-12/h7-8,10-12H,1-6,9H2,(H,16,17). The van der Waals surface area contributed by atoms with Crippen molar-refractivity contribution in [1.29, 1.82) is 0 Å². The van der Waals surface area contributed by atoms with Crippen LogP contribution in [0, 0.1) is 5.92 Å². The largest absolute Gasteiger partial charge is 0.352 e. The smallest absolute Gasteiger partial charge is 0.251 e. The van der Waals surface area contributed by atoms with Crippen LogP contribution >= 0.6 is 0 Å². The van der Waals surface area contributed by atoms with Crippen molar-refractivity contribution in [2.75, 3.05) is 6.54 Å². The molecule has 3 heteroatoms. The van der Waals surface area contributed by atoms with Gasteiger partial charge >= 0.3 is 0 Å². The van der Waals surface area contributed by atoms with Gasteiger partial charge in [-0.05, 0) is 30.9 Å². The molecule has 1 heterocycles. The zero-order valence-electron chi connectivity index (χ0n) is 10.2. The quantitative estimate of drug-likeness (QED) is 0.793. The van der Waals surface area contributed by atoms with Gasteiger partial charge in [0.15, 0.2) is 0 Å². The Kier molecular flexibility index (Phi) is 4.54. The third kappa shape index (κ3) is 3.84. The average Bonchev–Trinajstić information content (AvgIpc) is 2.88. The van der Waals surface area contributed by atoms with Crippen LogP contribution in [0.25, 0.3) is 0 Å². The Morgan fingerprint density at radius 1 is 1.29 bits per heavy atom. The summed E-state index contributed by atoms with van der Waals surface area (Å²) >= 11 is 0. The molecule has 0 spiro atoms. The van der Waals surface area contributed by atoms with Crippen molar-refractivity contribution in [3.63, 3.8) is 0 Å². The van der Waals surface area contributed by atoms with Crippen LogP contribution < -0.4 is 5.32 Å². The maximum Gasteiger partial charge on any atom is 0.251 e. The van der Waals surface area contributed by atoms with E-state index in [0.29, 0.717) is 5.56 Å². The number of rotatable bonds is 5. The number of amides is 1. The van der Waals surface area contributed by atoms with Crippen molar-refractivity contribution in [1.82, 2.24) is 10.3 Å². The molecule has 17 heavy (non-hydrogen) atoms. The van der Waals surface area contributed by atoms with Gasteiger partial charge in [-0.2, -0.15) is 0 Å². The van der Waals surface area contributed by atoms with E-state index < -0.39 is 0 Å². The predicted octanol–water partition coefficient (Wildman–Crippen LogP) is 2.78. The van der Waals surface area contributed by atoms with E-state index in [1.807, 2.05) is 0 Å². The van der Waals surface area contributed by atoms with E-state index in [4.69, 9.17) is 0 Å². The van der Waals surface area contributed by atoms with Gasteiger partial charge in [-0.1, -0.05) is 25.7 Å². The summed E-state index contributed by atoms with van der Waals surface area (Å²) in [6, 6.07) is 3.48. The molecule has 1 saturated carbocycles. The number of aromatic nitrogens is 1. The lowest BCUT2D eigenvalue weighted by Crippen LogP contribution is -2.24. The lowest BCUT2D eigenvalue weighted by atomic mass is 10.0. The summed E-state index contributed by atoms with van der Waals surface area (Å²) in [7, 11) is 0. The molecule has 1 fully saturated rings. The normalized spacial score (nSPS) is 16.0.